The van der Waals surface area contributed by atoms with E-state index in [1.807, 2.05) is 18.2 Å². The first-order chi connectivity index (χ1) is 8.75. The van der Waals surface area contributed by atoms with E-state index in [9.17, 15) is 5.11 Å². The smallest absolute Gasteiger partial charge is 0.0788 e. The molecule has 1 atom stereocenters. The molecule has 19 heavy (non-hydrogen) atoms. The van der Waals surface area contributed by atoms with Gasteiger partial charge in [-0.05, 0) is 52.3 Å². The summed E-state index contributed by atoms with van der Waals surface area (Å²) in [5.41, 5.74) is 2.12. The minimum Gasteiger partial charge on any atom is -0.389 e. The van der Waals surface area contributed by atoms with Crippen LogP contribution in [0, 0.1) is 0 Å². The van der Waals surface area contributed by atoms with Gasteiger partial charge in [0.2, 0.25) is 0 Å². The van der Waals surface area contributed by atoms with Gasteiger partial charge >= 0.3 is 0 Å². The Bertz CT molecular complexity index is 473. The number of piperidine rings is 1. The zero-order chi connectivity index (χ0) is 14.3. The van der Waals surface area contributed by atoms with Gasteiger partial charge < -0.3 is 5.11 Å². The fourth-order valence-electron chi connectivity index (χ4n) is 3.08. The van der Waals surface area contributed by atoms with Crippen LogP contribution in [0.5, 0.6) is 0 Å². The first-order valence-corrected chi connectivity index (χ1v) is 6.94. The fraction of sp³-hybridized carbons (Fsp3) is 0.529. The molecule has 0 spiro atoms. The van der Waals surface area contributed by atoms with Crippen molar-refractivity contribution in [2.45, 2.75) is 51.3 Å². The Kier molecular flexibility index (Phi) is 3.59. The number of aliphatic hydroxyl groups excluding tert-OH is 1. The molecule has 0 aromatic heterocycles. The molecule has 1 aromatic rings. The van der Waals surface area contributed by atoms with E-state index >= 15 is 0 Å². The number of likely N-dealkylation sites (N-methyl/N-ethyl adjacent to an activating group) is 1. The molecule has 1 fully saturated rings. The third-order valence-electron chi connectivity index (χ3n) is 4.63. The summed E-state index contributed by atoms with van der Waals surface area (Å²) < 4.78 is 0. The Hall–Kier alpha value is -1.12. The van der Waals surface area contributed by atoms with Crippen molar-refractivity contribution in [1.82, 2.24) is 4.90 Å². The molecule has 2 nitrogen and oxygen atoms in total. The van der Waals surface area contributed by atoms with Gasteiger partial charge in [-0.3, -0.25) is 4.90 Å². The van der Waals surface area contributed by atoms with Crippen molar-refractivity contribution in [2.75, 3.05) is 7.05 Å². The van der Waals surface area contributed by atoms with Gasteiger partial charge in [-0.2, -0.15) is 0 Å². The van der Waals surface area contributed by atoms with Crippen LogP contribution in [-0.4, -0.2) is 34.2 Å². The minimum absolute atomic E-state index is 0.0109. The van der Waals surface area contributed by atoms with Crippen LogP contribution >= 0.6 is 0 Å². The lowest BCUT2D eigenvalue weighted by Crippen LogP contribution is -2.61. The van der Waals surface area contributed by atoms with Gasteiger partial charge in [-0.25, -0.2) is 0 Å². The Morgan fingerprint density at radius 1 is 1.16 bits per heavy atom. The third kappa shape index (κ3) is 2.60. The summed E-state index contributed by atoms with van der Waals surface area (Å²) in [5, 5.41) is 10.5. The van der Waals surface area contributed by atoms with Gasteiger partial charge in [0.05, 0.1) is 6.10 Å². The molecule has 1 aliphatic rings. The molecule has 1 saturated heterocycles. The average Bonchev–Trinajstić information content (AvgIpc) is 2.34. The van der Waals surface area contributed by atoms with Crippen LogP contribution in [0.25, 0.3) is 6.08 Å². The summed E-state index contributed by atoms with van der Waals surface area (Å²) in [6.45, 7) is 8.76. The number of aliphatic hydroxyl groups is 1. The number of rotatable bonds is 1. The molecule has 104 valence electrons. The van der Waals surface area contributed by atoms with E-state index in [0.29, 0.717) is 0 Å². The lowest BCUT2D eigenvalue weighted by Gasteiger charge is -2.54. The SMILES string of the molecule is CN1C(C)(C)CC(O)/C(=C/c2ccccc2)C1(C)C. The van der Waals surface area contributed by atoms with Crippen molar-refractivity contribution in [3.63, 3.8) is 0 Å². The molecule has 2 rings (SSSR count). The predicted molar refractivity (Wildman–Crippen MR) is 81.0 cm³/mol. The van der Waals surface area contributed by atoms with Crippen LogP contribution in [0.4, 0.5) is 0 Å². The summed E-state index contributed by atoms with van der Waals surface area (Å²) >= 11 is 0. The van der Waals surface area contributed by atoms with E-state index in [4.69, 9.17) is 0 Å². The van der Waals surface area contributed by atoms with E-state index in [1.54, 1.807) is 0 Å². The Labute approximate surface area is 116 Å². The van der Waals surface area contributed by atoms with Gasteiger partial charge in [0.15, 0.2) is 0 Å². The van der Waals surface area contributed by atoms with Crippen molar-refractivity contribution in [2.24, 2.45) is 0 Å². The van der Waals surface area contributed by atoms with Crippen molar-refractivity contribution in [1.29, 1.82) is 0 Å². The second kappa shape index (κ2) is 4.77. The van der Waals surface area contributed by atoms with Crippen LogP contribution in [0.1, 0.15) is 39.7 Å². The molecule has 0 saturated carbocycles. The van der Waals surface area contributed by atoms with Gasteiger partial charge in [0.25, 0.3) is 0 Å². The van der Waals surface area contributed by atoms with Crippen molar-refractivity contribution >= 4 is 6.08 Å². The van der Waals surface area contributed by atoms with Crippen LogP contribution in [0.3, 0.4) is 0 Å². The molecule has 0 amide bonds. The van der Waals surface area contributed by atoms with Crippen LogP contribution < -0.4 is 0 Å². The first-order valence-electron chi connectivity index (χ1n) is 6.94. The van der Waals surface area contributed by atoms with E-state index < -0.39 is 0 Å². The van der Waals surface area contributed by atoms with Gasteiger partial charge in [0, 0.05) is 11.1 Å². The van der Waals surface area contributed by atoms with E-state index in [-0.39, 0.29) is 17.2 Å². The summed E-state index contributed by atoms with van der Waals surface area (Å²) in [6.07, 6.45) is 2.53. The Morgan fingerprint density at radius 2 is 1.74 bits per heavy atom. The summed E-state index contributed by atoms with van der Waals surface area (Å²) in [5.74, 6) is 0. The summed E-state index contributed by atoms with van der Waals surface area (Å²) in [6, 6.07) is 10.2. The number of hydrogen-bond donors (Lipinski definition) is 1. The lowest BCUT2D eigenvalue weighted by atomic mass is 9.74. The quantitative estimate of drug-likeness (QED) is 0.836. The largest absolute Gasteiger partial charge is 0.389 e. The molecule has 0 bridgehead atoms. The molecule has 1 N–H and O–H groups in total. The van der Waals surface area contributed by atoms with E-state index in [0.717, 1.165) is 17.6 Å². The van der Waals surface area contributed by atoms with Crippen molar-refractivity contribution < 1.29 is 5.11 Å². The Balaban J connectivity index is 2.43. The fourth-order valence-corrected chi connectivity index (χ4v) is 3.08. The number of likely N-dealkylation sites (tertiary alicyclic amines) is 1. The summed E-state index contributed by atoms with van der Waals surface area (Å²) in [4.78, 5) is 2.36. The molecule has 0 aliphatic carbocycles. The van der Waals surface area contributed by atoms with Gasteiger partial charge in [-0.1, -0.05) is 36.4 Å². The zero-order valence-corrected chi connectivity index (χ0v) is 12.6. The number of benzene rings is 1. The van der Waals surface area contributed by atoms with Gasteiger partial charge in [-0.15, -0.1) is 0 Å². The monoisotopic (exact) mass is 259 g/mol. The van der Waals surface area contributed by atoms with Crippen LogP contribution in [0.15, 0.2) is 35.9 Å². The molecular formula is C17H25NO. The molecular weight excluding hydrogens is 234 g/mol. The average molecular weight is 259 g/mol. The van der Waals surface area contributed by atoms with Crippen molar-refractivity contribution in [3.05, 3.63) is 41.5 Å². The Morgan fingerprint density at radius 3 is 2.32 bits per heavy atom. The van der Waals surface area contributed by atoms with Crippen LogP contribution in [0.2, 0.25) is 0 Å². The molecule has 2 heteroatoms. The molecule has 1 aromatic carbocycles. The highest BCUT2D eigenvalue weighted by Gasteiger charge is 2.45. The molecule has 1 unspecified atom stereocenters. The minimum atomic E-state index is -0.374. The molecule has 1 aliphatic heterocycles. The maximum Gasteiger partial charge on any atom is 0.0788 e. The van der Waals surface area contributed by atoms with E-state index in [2.05, 4.69) is 57.9 Å². The third-order valence-corrected chi connectivity index (χ3v) is 4.63. The lowest BCUT2D eigenvalue weighted by molar-refractivity contribution is -0.0178. The number of nitrogens with zero attached hydrogens (tertiary/aromatic N) is 1. The van der Waals surface area contributed by atoms with Gasteiger partial charge in [0.1, 0.15) is 0 Å². The number of hydrogen-bond acceptors (Lipinski definition) is 2. The first kappa shape index (κ1) is 14.3. The second-order valence-electron chi connectivity index (χ2n) is 6.66. The molecule has 0 radical (unpaired) electrons. The zero-order valence-electron chi connectivity index (χ0n) is 12.6. The maximum absolute atomic E-state index is 10.5. The predicted octanol–water partition coefficient (Wildman–Crippen LogP) is 3.32. The topological polar surface area (TPSA) is 23.5 Å². The maximum atomic E-state index is 10.5. The van der Waals surface area contributed by atoms with Crippen molar-refractivity contribution in [3.8, 4) is 0 Å². The summed E-state index contributed by atoms with van der Waals surface area (Å²) in [7, 11) is 2.14. The normalized spacial score (nSPS) is 28.5. The molecule has 1 heterocycles. The highest BCUT2D eigenvalue weighted by atomic mass is 16.3. The standard InChI is InChI=1S/C17H25NO/c1-16(2)12-15(19)14(17(3,4)18(16)5)11-13-9-7-6-8-10-13/h6-11,15,19H,12H2,1-5H3/b14-11-. The second-order valence-corrected chi connectivity index (χ2v) is 6.66. The highest BCUT2D eigenvalue weighted by Crippen LogP contribution is 2.41. The van der Waals surface area contributed by atoms with Crippen LogP contribution in [-0.2, 0) is 0 Å². The van der Waals surface area contributed by atoms with E-state index in [1.165, 1.54) is 0 Å². The highest BCUT2D eigenvalue weighted by molar-refractivity contribution is 5.57.